The van der Waals surface area contributed by atoms with Crippen molar-refractivity contribution in [1.29, 1.82) is 0 Å². The molecule has 0 spiro atoms. The van der Waals surface area contributed by atoms with Crippen molar-refractivity contribution in [3.05, 3.63) is 28.3 Å². The minimum atomic E-state index is -3.65. The van der Waals surface area contributed by atoms with E-state index in [0.29, 0.717) is 22.7 Å². The number of aliphatic hydroxyl groups excluding tert-OH is 1. The summed E-state index contributed by atoms with van der Waals surface area (Å²) in [5.41, 5.74) is 1.03. The molecule has 1 unspecified atom stereocenters. The van der Waals surface area contributed by atoms with Gasteiger partial charge in [-0.25, -0.2) is 13.1 Å². The molecule has 0 aliphatic heterocycles. The molecule has 2 N–H and O–H groups in total. The summed E-state index contributed by atoms with van der Waals surface area (Å²) in [5, 5.41) is 9.54. The van der Waals surface area contributed by atoms with E-state index in [9.17, 15) is 13.5 Å². The number of hydrogen-bond donors (Lipinski definition) is 2. The van der Waals surface area contributed by atoms with Crippen LogP contribution in [0.4, 0.5) is 0 Å². The van der Waals surface area contributed by atoms with Crippen LogP contribution in [0, 0.1) is 6.92 Å². The van der Waals surface area contributed by atoms with Crippen molar-refractivity contribution < 1.29 is 13.5 Å². The number of nitrogens with one attached hydrogen (secondary N) is 1. The Bertz CT molecular complexity index is 573. The van der Waals surface area contributed by atoms with Gasteiger partial charge in [-0.15, -0.1) is 0 Å². The average molecular weight is 321 g/mol. The molecule has 0 saturated carbocycles. The zero-order valence-electron chi connectivity index (χ0n) is 12.1. The standard InChI is InChI=1S/C13H21ClN2O3S/c1-9(16(3)4)7-15-20(18,19)13-6-12(14)5-11(8-17)10(13)2/h5-6,9,15,17H,7-8H2,1-4H3. The summed E-state index contributed by atoms with van der Waals surface area (Å²) in [6.07, 6.45) is 0. The van der Waals surface area contributed by atoms with Gasteiger partial charge in [0.1, 0.15) is 0 Å². The van der Waals surface area contributed by atoms with Crippen molar-refractivity contribution in [3.8, 4) is 0 Å². The molecule has 0 amide bonds. The van der Waals surface area contributed by atoms with Gasteiger partial charge in [0.15, 0.2) is 0 Å². The van der Waals surface area contributed by atoms with Crippen LogP contribution in [0.5, 0.6) is 0 Å². The van der Waals surface area contributed by atoms with E-state index in [2.05, 4.69) is 4.72 Å². The smallest absolute Gasteiger partial charge is 0.240 e. The highest BCUT2D eigenvalue weighted by Crippen LogP contribution is 2.24. The number of rotatable bonds is 6. The van der Waals surface area contributed by atoms with Crippen LogP contribution in [-0.4, -0.2) is 45.1 Å². The summed E-state index contributed by atoms with van der Waals surface area (Å²) in [6.45, 7) is 3.64. The molecule has 0 fully saturated rings. The van der Waals surface area contributed by atoms with Crippen LogP contribution >= 0.6 is 11.6 Å². The SMILES string of the molecule is Cc1c(CO)cc(Cl)cc1S(=O)(=O)NCC(C)N(C)C. The molecule has 5 nitrogen and oxygen atoms in total. The molecule has 1 atom stereocenters. The summed E-state index contributed by atoms with van der Waals surface area (Å²) in [5.74, 6) is 0. The van der Waals surface area contributed by atoms with Gasteiger partial charge in [-0.3, -0.25) is 0 Å². The third-order valence-corrected chi connectivity index (χ3v) is 5.11. The second kappa shape index (κ2) is 6.87. The Morgan fingerprint density at radius 3 is 2.50 bits per heavy atom. The summed E-state index contributed by atoms with van der Waals surface area (Å²) in [4.78, 5) is 2.03. The third kappa shape index (κ3) is 4.17. The van der Waals surface area contributed by atoms with Gasteiger partial charge in [-0.2, -0.15) is 0 Å². The Morgan fingerprint density at radius 1 is 1.40 bits per heavy atom. The highest BCUT2D eigenvalue weighted by molar-refractivity contribution is 7.89. The number of nitrogens with zero attached hydrogens (tertiary/aromatic N) is 1. The van der Waals surface area contributed by atoms with E-state index in [1.54, 1.807) is 13.0 Å². The number of likely N-dealkylation sites (N-methyl/N-ethyl adjacent to an activating group) is 1. The topological polar surface area (TPSA) is 69.6 Å². The molecule has 0 bridgehead atoms. The average Bonchev–Trinajstić information content (AvgIpc) is 2.37. The zero-order valence-corrected chi connectivity index (χ0v) is 13.7. The molecule has 1 aromatic carbocycles. The number of halogens is 1. The highest BCUT2D eigenvalue weighted by atomic mass is 35.5. The van der Waals surface area contributed by atoms with Crippen LogP contribution in [0.15, 0.2) is 17.0 Å². The van der Waals surface area contributed by atoms with Gasteiger partial charge in [-0.05, 0) is 51.2 Å². The number of hydrogen-bond acceptors (Lipinski definition) is 4. The summed E-state index contributed by atoms with van der Waals surface area (Å²) >= 11 is 5.91. The Labute approximate surface area is 125 Å². The summed E-state index contributed by atoms with van der Waals surface area (Å²) < 4.78 is 27.2. The molecule has 7 heteroatoms. The maximum Gasteiger partial charge on any atom is 0.240 e. The molecule has 0 aromatic heterocycles. The lowest BCUT2D eigenvalue weighted by atomic mass is 10.1. The molecule has 1 aromatic rings. The Hall–Kier alpha value is -0.660. The first-order valence-corrected chi connectivity index (χ1v) is 8.11. The predicted octanol–water partition coefficient (Wildman–Crippen LogP) is 1.37. The van der Waals surface area contributed by atoms with Gasteiger partial charge >= 0.3 is 0 Å². The van der Waals surface area contributed by atoms with Crippen LogP contribution in [0.1, 0.15) is 18.1 Å². The summed E-state index contributed by atoms with van der Waals surface area (Å²) in [7, 11) is 0.118. The Kier molecular flexibility index (Phi) is 5.97. The van der Waals surface area contributed by atoms with Crippen molar-refractivity contribution in [2.24, 2.45) is 0 Å². The lowest BCUT2D eigenvalue weighted by Gasteiger charge is -2.20. The van der Waals surface area contributed by atoms with Gasteiger partial charge in [0.25, 0.3) is 0 Å². The van der Waals surface area contributed by atoms with E-state index in [1.807, 2.05) is 25.9 Å². The maximum atomic E-state index is 12.3. The third-order valence-electron chi connectivity index (χ3n) is 3.34. The first-order chi connectivity index (χ1) is 9.19. The van der Waals surface area contributed by atoms with Crippen LogP contribution < -0.4 is 4.72 Å². The normalized spacial score (nSPS) is 13.8. The van der Waals surface area contributed by atoms with Crippen LogP contribution in [0.2, 0.25) is 5.02 Å². The van der Waals surface area contributed by atoms with E-state index in [0.717, 1.165) is 0 Å². The van der Waals surface area contributed by atoms with Crippen LogP contribution in [0.25, 0.3) is 0 Å². The first kappa shape index (κ1) is 17.4. The molecule has 0 aliphatic rings. The Morgan fingerprint density at radius 2 is 2.00 bits per heavy atom. The molecular weight excluding hydrogens is 300 g/mol. The van der Waals surface area contributed by atoms with Crippen molar-refractivity contribution >= 4 is 21.6 Å². The fourth-order valence-corrected chi connectivity index (χ4v) is 3.38. The fourth-order valence-electron chi connectivity index (χ4n) is 1.64. The van der Waals surface area contributed by atoms with Crippen molar-refractivity contribution in [3.63, 3.8) is 0 Å². The molecule has 1 rings (SSSR count). The van der Waals surface area contributed by atoms with Gasteiger partial charge in [-0.1, -0.05) is 11.6 Å². The van der Waals surface area contributed by atoms with E-state index in [-0.39, 0.29) is 17.5 Å². The van der Waals surface area contributed by atoms with Crippen molar-refractivity contribution in [2.75, 3.05) is 20.6 Å². The maximum absolute atomic E-state index is 12.3. The quantitative estimate of drug-likeness (QED) is 0.830. The van der Waals surface area contributed by atoms with Gasteiger partial charge in [0.05, 0.1) is 11.5 Å². The van der Waals surface area contributed by atoms with E-state index >= 15 is 0 Å². The van der Waals surface area contributed by atoms with Crippen LogP contribution in [-0.2, 0) is 16.6 Å². The van der Waals surface area contributed by atoms with Gasteiger partial charge < -0.3 is 10.0 Å². The minimum absolute atomic E-state index is 0.0709. The molecule has 0 saturated heterocycles. The molecular formula is C13H21ClN2O3S. The Balaban J connectivity index is 3.07. The lowest BCUT2D eigenvalue weighted by Crippen LogP contribution is -2.38. The molecule has 0 radical (unpaired) electrons. The summed E-state index contributed by atoms with van der Waals surface area (Å²) in [6, 6.07) is 3.04. The molecule has 0 aliphatic carbocycles. The van der Waals surface area contributed by atoms with Crippen molar-refractivity contribution in [1.82, 2.24) is 9.62 Å². The fraction of sp³-hybridized carbons (Fsp3) is 0.538. The van der Waals surface area contributed by atoms with E-state index < -0.39 is 10.0 Å². The number of aliphatic hydroxyl groups is 1. The molecule has 114 valence electrons. The zero-order chi connectivity index (χ0) is 15.5. The molecule has 0 heterocycles. The monoisotopic (exact) mass is 320 g/mol. The van der Waals surface area contributed by atoms with Crippen molar-refractivity contribution in [2.45, 2.75) is 31.4 Å². The van der Waals surface area contributed by atoms with Gasteiger partial charge in [0, 0.05) is 17.6 Å². The minimum Gasteiger partial charge on any atom is -0.392 e. The first-order valence-electron chi connectivity index (χ1n) is 6.25. The highest BCUT2D eigenvalue weighted by Gasteiger charge is 2.20. The van der Waals surface area contributed by atoms with E-state index in [1.165, 1.54) is 6.07 Å². The van der Waals surface area contributed by atoms with Crippen LogP contribution in [0.3, 0.4) is 0 Å². The number of benzene rings is 1. The largest absolute Gasteiger partial charge is 0.392 e. The molecule has 20 heavy (non-hydrogen) atoms. The number of sulfonamides is 1. The van der Waals surface area contributed by atoms with Gasteiger partial charge in [0.2, 0.25) is 10.0 Å². The van der Waals surface area contributed by atoms with E-state index in [4.69, 9.17) is 11.6 Å². The lowest BCUT2D eigenvalue weighted by molar-refractivity contribution is 0.280. The predicted molar refractivity (Wildman–Crippen MR) is 80.4 cm³/mol. The second-order valence-electron chi connectivity index (χ2n) is 5.01. The second-order valence-corrected chi connectivity index (χ2v) is 7.18.